The average molecular weight is 566 g/mol. The molecule has 3 aliphatic rings. The molecular formula is C26H29ClFN3O6S. The number of nitrogens with one attached hydrogen (secondary N) is 1. The quantitative estimate of drug-likeness (QED) is 0.551. The minimum atomic E-state index is -4.33. The third kappa shape index (κ3) is 5.66. The van der Waals surface area contributed by atoms with Gasteiger partial charge in [0.05, 0.1) is 29.3 Å². The van der Waals surface area contributed by atoms with E-state index in [4.69, 9.17) is 21.1 Å². The van der Waals surface area contributed by atoms with Crippen molar-refractivity contribution in [2.75, 3.05) is 31.2 Å². The number of morpholine rings is 1. The van der Waals surface area contributed by atoms with Crippen LogP contribution in [-0.4, -0.2) is 63.0 Å². The molecule has 12 heteroatoms. The number of carbonyl (C=O) groups excluding carboxylic acids is 2. The van der Waals surface area contributed by atoms with Gasteiger partial charge in [0.25, 0.3) is 11.8 Å². The SMILES string of the molecule is O=C(NS(=O)(=O)N1CC[C@@H]2[C@@H](C1)OCC(=O)N2c1ccccc1)c1cc(Cl)c(OCC2CCCC2)cc1F. The lowest BCUT2D eigenvalue weighted by atomic mass is 9.99. The van der Waals surface area contributed by atoms with Crippen molar-refractivity contribution < 1.29 is 31.9 Å². The van der Waals surface area contributed by atoms with Crippen molar-refractivity contribution in [3.63, 3.8) is 0 Å². The summed E-state index contributed by atoms with van der Waals surface area (Å²) in [4.78, 5) is 27.0. The Labute approximate surface area is 226 Å². The van der Waals surface area contributed by atoms with Crippen LogP contribution < -0.4 is 14.4 Å². The van der Waals surface area contributed by atoms with Gasteiger partial charge in [-0.1, -0.05) is 42.6 Å². The van der Waals surface area contributed by atoms with Crippen LogP contribution in [0.1, 0.15) is 42.5 Å². The molecule has 0 bridgehead atoms. The van der Waals surface area contributed by atoms with Gasteiger partial charge in [-0.05, 0) is 43.4 Å². The molecule has 2 aromatic rings. The molecule has 1 aliphatic carbocycles. The van der Waals surface area contributed by atoms with Crippen molar-refractivity contribution in [3.05, 3.63) is 58.9 Å². The summed E-state index contributed by atoms with van der Waals surface area (Å²) < 4.78 is 55.2. The molecule has 1 saturated carbocycles. The minimum Gasteiger partial charge on any atom is -0.492 e. The van der Waals surface area contributed by atoms with Crippen LogP contribution in [0, 0.1) is 11.7 Å². The van der Waals surface area contributed by atoms with E-state index in [-0.39, 0.29) is 42.4 Å². The molecule has 2 heterocycles. The van der Waals surface area contributed by atoms with Crippen LogP contribution in [0.25, 0.3) is 0 Å². The Morgan fingerprint density at radius 1 is 1.16 bits per heavy atom. The topological polar surface area (TPSA) is 105 Å². The molecule has 2 atom stereocenters. The van der Waals surface area contributed by atoms with E-state index in [0.717, 1.165) is 42.1 Å². The number of para-hydroxylation sites is 1. The first-order valence-corrected chi connectivity index (χ1v) is 14.5. The molecule has 38 heavy (non-hydrogen) atoms. The molecular weight excluding hydrogens is 537 g/mol. The van der Waals surface area contributed by atoms with Gasteiger partial charge in [-0.3, -0.25) is 9.59 Å². The number of carbonyl (C=O) groups is 2. The lowest BCUT2D eigenvalue weighted by molar-refractivity contribution is -0.134. The van der Waals surface area contributed by atoms with E-state index in [1.807, 2.05) is 35.1 Å². The Bertz CT molecular complexity index is 1310. The first kappa shape index (κ1) is 26.9. The largest absolute Gasteiger partial charge is 0.492 e. The van der Waals surface area contributed by atoms with Gasteiger partial charge in [0.15, 0.2) is 0 Å². The fourth-order valence-corrected chi connectivity index (χ4v) is 6.73. The summed E-state index contributed by atoms with van der Waals surface area (Å²) in [5.41, 5.74) is 0.208. The van der Waals surface area contributed by atoms with Crippen molar-refractivity contribution in [2.45, 2.75) is 44.2 Å². The molecule has 2 aliphatic heterocycles. The van der Waals surface area contributed by atoms with Crippen LogP contribution in [0.4, 0.5) is 10.1 Å². The molecule has 0 spiro atoms. The van der Waals surface area contributed by atoms with E-state index in [9.17, 15) is 22.4 Å². The van der Waals surface area contributed by atoms with Crippen LogP contribution in [0.5, 0.6) is 5.75 Å². The Balaban J connectivity index is 1.24. The molecule has 0 unspecified atom stereocenters. The van der Waals surface area contributed by atoms with Crippen LogP contribution in [-0.2, 0) is 19.7 Å². The summed E-state index contributed by atoms with van der Waals surface area (Å²) in [5.74, 6) is -1.78. The second-order valence-electron chi connectivity index (χ2n) is 9.82. The average Bonchev–Trinajstić information content (AvgIpc) is 3.42. The van der Waals surface area contributed by atoms with Crippen molar-refractivity contribution in [1.29, 1.82) is 0 Å². The van der Waals surface area contributed by atoms with E-state index >= 15 is 0 Å². The normalized spacial score (nSPS) is 22.8. The molecule has 204 valence electrons. The number of piperidine rings is 1. The Morgan fingerprint density at radius 2 is 1.89 bits per heavy atom. The predicted octanol–water partition coefficient (Wildman–Crippen LogP) is 3.53. The monoisotopic (exact) mass is 565 g/mol. The highest BCUT2D eigenvalue weighted by Gasteiger charge is 2.44. The Hall–Kier alpha value is -2.73. The predicted molar refractivity (Wildman–Crippen MR) is 139 cm³/mol. The zero-order valence-electron chi connectivity index (χ0n) is 20.6. The van der Waals surface area contributed by atoms with Gasteiger partial charge in [-0.2, -0.15) is 12.7 Å². The summed E-state index contributed by atoms with van der Waals surface area (Å²) >= 11 is 6.22. The minimum absolute atomic E-state index is 0.0223. The van der Waals surface area contributed by atoms with Crippen molar-refractivity contribution in [3.8, 4) is 5.75 Å². The van der Waals surface area contributed by atoms with E-state index in [2.05, 4.69) is 0 Å². The van der Waals surface area contributed by atoms with Gasteiger partial charge < -0.3 is 14.4 Å². The smallest absolute Gasteiger partial charge is 0.304 e. The maximum absolute atomic E-state index is 14.8. The maximum Gasteiger partial charge on any atom is 0.304 e. The third-order valence-corrected chi connectivity index (χ3v) is 9.07. The molecule has 2 amide bonds. The van der Waals surface area contributed by atoms with Crippen LogP contribution >= 0.6 is 11.6 Å². The lowest BCUT2D eigenvalue weighted by Gasteiger charge is -2.45. The van der Waals surface area contributed by atoms with Gasteiger partial charge in [0.1, 0.15) is 18.2 Å². The number of benzene rings is 2. The molecule has 0 aromatic heterocycles. The summed E-state index contributed by atoms with van der Waals surface area (Å²) in [7, 11) is -4.33. The molecule has 9 nitrogen and oxygen atoms in total. The standard InChI is InChI=1S/C26H29ClFN3O6S/c27-20-12-19(21(28)13-23(20)36-15-17-6-4-5-7-17)26(33)29-38(34,35)30-11-10-22-24(14-30)37-16-25(32)31(22)18-8-2-1-3-9-18/h1-3,8-9,12-13,17,22,24H,4-7,10-11,14-16H2,(H,29,33)/t22-,24-/m1/s1. The van der Waals surface area contributed by atoms with Gasteiger partial charge in [0.2, 0.25) is 0 Å². The number of hydrogen-bond donors (Lipinski definition) is 1. The summed E-state index contributed by atoms with van der Waals surface area (Å²) in [5, 5.41) is 0.0223. The molecule has 2 aromatic carbocycles. The fraction of sp³-hybridized carbons (Fsp3) is 0.462. The van der Waals surface area contributed by atoms with Crippen LogP contribution in [0.2, 0.25) is 5.02 Å². The van der Waals surface area contributed by atoms with Gasteiger partial charge in [-0.25, -0.2) is 9.11 Å². The molecule has 5 rings (SSSR count). The van der Waals surface area contributed by atoms with Crippen LogP contribution in [0.3, 0.4) is 0 Å². The highest BCUT2D eigenvalue weighted by atomic mass is 35.5. The number of hydrogen-bond acceptors (Lipinski definition) is 6. The first-order chi connectivity index (χ1) is 18.2. The zero-order chi connectivity index (χ0) is 26.9. The van der Waals surface area contributed by atoms with Gasteiger partial charge >= 0.3 is 10.2 Å². The lowest BCUT2D eigenvalue weighted by Crippen LogP contribution is -2.63. The number of halogens is 2. The number of amides is 2. The Kier molecular flexibility index (Phi) is 7.90. The van der Waals surface area contributed by atoms with Gasteiger partial charge in [-0.15, -0.1) is 0 Å². The number of ether oxygens (including phenoxy) is 2. The number of nitrogens with zero attached hydrogens (tertiary/aromatic N) is 2. The summed E-state index contributed by atoms with van der Waals surface area (Å²) in [6.45, 7) is 0.197. The van der Waals surface area contributed by atoms with E-state index < -0.39 is 33.6 Å². The second kappa shape index (κ2) is 11.2. The number of anilines is 1. The van der Waals surface area contributed by atoms with Gasteiger partial charge in [0, 0.05) is 24.8 Å². The highest BCUT2D eigenvalue weighted by molar-refractivity contribution is 7.87. The summed E-state index contributed by atoms with van der Waals surface area (Å²) in [6.07, 6.45) is 4.07. The Morgan fingerprint density at radius 3 is 2.63 bits per heavy atom. The fourth-order valence-electron chi connectivity index (χ4n) is 5.34. The third-order valence-electron chi connectivity index (χ3n) is 7.32. The van der Waals surface area contributed by atoms with Crippen molar-refractivity contribution in [1.82, 2.24) is 9.03 Å². The van der Waals surface area contributed by atoms with E-state index in [1.165, 1.54) is 0 Å². The molecule has 0 radical (unpaired) electrons. The molecule has 2 saturated heterocycles. The van der Waals surface area contributed by atoms with Crippen LogP contribution in [0.15, 0.2) is 42.5 Å². The number of rotatable bonds is 7. The highest BCUT2D eigenvalue weighted by Crippen LogP contribution is 2.32. The van der Waals surface area contributed by atoms with Crippen molar-refractivity contribution >= 4 is 39.3 Å². The second-order valence-corrected chi connectivity index (χ2v) is 11.9. The maximum atomic E-state index is 14.8. The van der Waals surface area contributed by atoms with Crippen molar-refractivity contribution in [2.24, 2.45) is 5.92 Å². The zero-order valence-corrected chi connectivity index (χ0v) is 22.2. The molecule has 1 N–H and O–H groups in total. The number of fused-ring (bicyclic) bond motifs is 1. The molecule has 3 fully saturated rings. The van der Waals surface area contributed by atoms with E-state index in [1.54, 1.807) is 4.90 Å². The first-order valence-electron chi connectivity index (χ1n) is 12.7. The summed E-state index contributed by atoms with van der Waals surface area (Å²) in [6, 6.07) is 10.8. The van der Waals surface area contributed by atoms with E-state index in [0.29, 0.717) is 24.6 Å².